The number of rotatable bonds is 1. The van der Waals surface area contributed by atoms with Gasteiger partial charge in [-0.25, -0.2) is 9.78 Å². The number of pyridine rings is 1. The summed E-state index contributed by atoms with van der Waals surface area (Å²) in [7, 11) is 0. The molecule has 0 unspecified atom stereocenters. The van der Waals surface area contributed by atoms with Gasteiger partial charge in [-0.05, 0) is 12.1 Å². The molecular formula is C6H7NO4. The summed E-state index contributed by atoms with van der Waals surface area (Å²) in [6.45, 7) is 0. The van der Waals surface area contributed by atoms with Crippen LogP contribution >= 0.6 is 0 Å². The fourth-order valence-electron chi connectivity index (χ4n) is 0.513. The number of aromatic hydroxyl groups is 1. The van der Waals surface area contributed by atoms with Gasteiger partial charge < -0.3 is 15.7 Å². The van der Waals surface area contributed by atoms with Crippen LogP contribution in [0.25, 0.3) is 0 Å². The Morgan fingerprint density at radius 1 is 1.45 bits per heavy atom. The van der Waals surface area contributed by atoms with Crippen molar-refractivity contribution in [3.8, 4) is 5.75 Å². The largest absolute Gasteiger partial charge is 0.506 e. The van der Waals surface area contributed by atoms with E-state index < -0.39 is 5.97 Å². The lowest BCUT2D eigenvalue weighted by atomic mass is 10.3. The van der Waals surface area contributed by atoms with E-state index in [0.29, 0.717) is 0 Å². The molecule has 0 saturated heterocycles. The normalized spacial score (nSPS) is 8.36. The molecule has 11 heavy (non-hydrogen) atoms. The summed E-state index contributed by atoms with van der Waals surface area (Å²) in [5, 5.41) is 17.0. The Bertz CT molecular complexity index is 243. The molecule has 0 aliphatic carbocycles. The molecule has 1 aromatic rings. The number of carboxylic acids is 1. The highest BCUT2D eigenvalue weighted by atomic mass is 16.4. The Hall–Kier alpha value is -1.62. The molecule has 0 radical (unpaired) electrons. The second-order valence-electron chi connectivity index (χ2n) is 1.71. The molecule has 0 aromatic carbocycles. The summed E-state index contributed by atoms with van der Waals surface area (Å²) in [5.74, 6) is -1.13. The van der Waals surface area contributed by atoms with Crippen LogP contribution in [0.3, 0.4) is 0 Å². The molecule has 4 N–H and O–H groups in total. The SMILES string of the molecule is O.O=C(O)c1ccc(O)cn1. The molecule has 1 rings (SSSR count). The number of aromatic nitrogens is 1. The van der Waals surface area contributed by atoms with Crippen LogP contribution in [0, 0.1) is 0 Å². The maximum Gasteiger partial charge on any atom is 0.354 e. The molecule has 0 saturated carbocycles. The minimum absolute atomic E-state index is 0. The monoisotopic (exact) mass is 157 g/mol. The first kappa shape index (κ1) is 9.38. The third-order valence-electron chi connectivity index (χ3n) is 0.967. The van der Waals surface area contributed by atoms with Gasteiger partial charge in [-0.2, -0.15) is 0 Å². The van der Waals surface area contributed by atoms with Gasteiger partial charge in [0, 0.05) is 0 Å². The molecule has 1 aromatic heterocycles. The van der Waals surface area contributed by atoms with Gasteiger partial charge in [0.15, 0.2) is 0 Å². The number of aromatic carboxylic acids is 1. The Labute approximate surface area is 62.2 Å². The summed E-state index contributed by atoms with van der Waals surface area (Å²) in [4.78, 5) is 13.6. The molecule has 5 heteroatoms. The van der Waals surface area contributed by atoms with E-state index in [0.717, 1.165) is 6.20 Å². The number of hydrogen-bond acceptors (Lipinski definition) is 3. The smallest absolute Gasteiger partial charge is 0.354 e. The zero-order chi connectivity index (χ0) is 7.56. The summed E-state index contributed by atoms with van der Waals surface area (Å²) >= 11 is 0. The zero-order valence-electron chi connectivity index (χ0n) is 5.48. The maximum absolute atomic E-state index is 10.2. The first-order valence-corrected chi connectivity index (χ1v) is 2.58. The van der Waals surface area contributed by atoms with Gasteiger partial charge in [-0.3, -0.25) is 0 Å². The van der Waals surface area contributed by atoms with Crippen LogP contribution in [-0.2, 0) is 0 Å². The number of nitrogens with zero attached hydrogens (tertiary/aromatic N) is 1. The molecule has 0 amide bonds. The van der Waals surface area contributed by atoms with Gasteiger partial charge in [0.1, 0.15) is 11.4 Å². The summed E-state index contributed by atoms with van der Waals surface area (Å²) in [6, 6.07) is 2.51. The van der Waals surface area contributed by atoms with Crippen LogP contribution in [0.4, 0.5) is 0 Å². The van der Waals surface area contributed by atoms with E-state index in [4.69, 9.17) is 10.2 Å². The van der Waals surface area contributed by atoms with Crippen LogP contribution in [0.2, 0.25) is 0 Å². The van der Waals surface area contributed by atoms with Crippen LogP contribution in [0.15, 0.2) is 18.3 Å². The van der Waals surface area contributed by atoms with E-state index >= 15 is 0 Å². The second kappa shape index (κ2) is 3.52. The Morgan fingerprint density at radius 3 is 2.45 bits per heavy atom. The van der Waals surface area contributed by atoms with Crippen molar-refractivity contribution < 1.29 is 20.5 Å². The molecule has 0 aliphatic rings. The molecule has 60 valence electrons. The highest BCUT2D eigenvalue weighted by Crippen LogP contribution is 2.04. The van der Waals surface area contributed by atoms with Gasteiger partial charge in [0.25, 0.3) is 0 Å². The minimum Gasteiger partial charge on any atom is -0.506 e. The van der Waals surface area contributed by atoms with Crippen molar-refractivity contribution in [2.75, 3.05) is 0 Å². The topological polar surface area (TPSA) is 102 Å². The summed E-state index contributed by atoms with van der Waals surface area (Å²) < 4.78 is 0. The van der Waals surface area contributed by atoms with E-state index in [9.17, 15) is 4.79 Å². The van der Waals surface area contributed by atoms with Crippen LogP contribution in [-0.4, -0.2) is 26.6 Å². The van der Waals surface area contributed by atoms with Crippen molar-refractivity contribution >= 4 is 5.97 Å². The molecule has 0 spiro atoms. The quantitative estimate of drug-likeness (QED) is 0.582. The van der Waals surface area contributed by atoms with E-state index in [-0.39, 0.29) is 16.9 Å². The number of hydrogen-bond donors (Lipinski definition) is 2. The van der Waals surface area contributed by atoms with Crippen molar-refractivity contribution in [1.29, 1.82) is 0 Å². The van der Waals surface area contributed by atoms with Gasteiger partial charge in [0.2, 0.25) is 0 Å². The zero-order valence-corrected chi connectivity index (χ0v) is 5.48. The molecule has 1 heterocycles. The lowest BCUT2D eigenvalue weighted by Crippen LogP contribution is -1.97. The predicted octanol–water partition coefficient (Wildman–Crippen LogP) is -0.339. The van der Waals surface area contributed by atoms with Crippen molar-refractivity contribution in [2.45, 2.75) is 0 Å². The highest BCUT2D eigenvalue weighted by Gasteiger charge is 2.01. The lowest BCUT2D eigenvalue weighted by molar-refractivity contribution is 0.0690. The van der Waals surface area contributed by atoms with Crippen molar-refractivity contribution in [3.05, 3.63) is 24.0 Å². The van der Waals surface area contributed by atoms with Gasteiger partial charge in [-0.15, -0.1) is 0 Å². The third kappa shape index (κ3) is 2.23. The van der Waals surface area contributed by atoms with Gasteiger partial charge in [-0.1, -0.05) is 0 Å². The number of carbonyl (C=O) groups is 1. The van der Waals surface area contributed by atoms with Gasteiger partial charge >= 0.3 is 5.97 Å². The van der Waals surface area contributed by atoms with E-state index in [2.05, 4.69) is 4.98 Å². The summed E-state index contributed by atoms with van der Waals surface area (Å²) in [5.41, 5.74) is -0.0715. The van der Waals surface area contributed by atoms with Crippen LogP contribution in [0.5, 0.6) is 5.75 Å². The molecule has 0 aliphatic heterocycles. The first-order valence-electron chi connectivity index (χ1n) is 2.58. The average Bonchev–Trinajstić information content (AvgIpc) is 1.88. The molecule has 5 nitrogen and oxygen atoms in total. The highest BCUT2D eigenvalue weighted by molar-refractivity contribution is 5.85. The molecule has 0 atom stereocenters. The summed E-state index contributed by atoms with van der Waals surface area (Å²) in [6.07, 6.45) is 1.09. The predicted molar refractivity (Wildman–Crippen MR) is 36.5 cm³/mol. The Morgan fingerprint density at radius 2 is 2.09 bits per heavy atom. The van der Waals surface area contributed by atoms with Gasteiger partial charge in [0.05, 0.1) is 6.20 Å². The fourth-order valence-corrected chi connectivity index (χ4v) is 0.513. The molecular weight excluding hydrogens is 150 g/mol. The third-order valence-corrected chi connectivity index (χ3v) is 0.967. The minimum atomic E-state index is -1.10. The maximum atomic E-state index is 10.2. The lowest BCUT2D eigenvalue weighted by Gasteiger charge is -1.91. The molecule has 0 fully saturated rings. The van der Waals surface area contributed by atoms with E-state index in [1.807, 2.05) is 0 Å². The standard InChI is InChI=1S/C6H5NO3.H2O/c8-4-1-2-5(6(9)10)7-3-4;/h1-3,8H,(H,9,10);1H2. The van der Waals surface area contributed by atoms with Crippen molar-refractivity contribution in [2.24, 2.45) is 0 Å². The van der Waals surface area contributed by atoms with E-state index in [1.165, 1.54) is 12.1 Å². The second-order valence-corrected chi connectivity index (χ2v) is 1.71. The van der Waals surface area contributed by atoms with Crippen LogP contribution in [0.1, 0.15) is 10.5 Å². The Balaban J connectivity index is 0.000001000. The average molecular weight is 157 g/mol. The van der Waals surface area contributed by atoms with Crippen LogP contribution < -0.4 is 0 Å². The number of carboxylic acid groups (broad SMARTS) is 1. The van der Waals surface area contributed by atoms with E-state index in [1.54, 1.807) is 0 Å². The molecule has 0 bridgehead atoms. The van der Waals surface area contributed by atoms with Crippen molar-refractivity contribution in [3.63, 3.8) is 0 Å². The van der Waals surface area contributed by atoms with Crippen molar-refractivity contribution in [1.82, 2.24) is 4.98 Å². The Kier molecular flexibility index (Phi) is 3.01. The first-order chi connectivity index (χ1) is 4.70. The fraction of sp³-hybridized carbons (Fsp3) is 0.